The molecule has 94 valence electrons. The second-order valence-electron chi connectivity index (χ2n) is 3.65. The molecule has 5 heteroatoms. The van der Waals surface area contributed by atoms with Crippen LogP contribution in [0, 0.1) is 0 Å². The van der Waals surface area contributed by atoms with Crippen LogP contribution in [0.5, 0.6) is 0 Å². The second kappa shape index (κ2) is 6.28. The van der Waals surface area contributed by atoms with Gasteiger partial charge in [0.1, 0.15) is 10.7 Å². The molecule has 1 N–H and O–H groups in total. The molecule has 0 radical (unpaired) electrons. The van der Waals surface area contributed by atoms with Gasteiger partial charge in [0.25, 0.3) is 5.91 Å². The summed E-state index contributed by atoms with van der Waals surface area (Å²) in [7, 11) is 1.60. The number of nitrogens with zero attached hydrogens (tertiary/aromatic N) is 1. The lowest BCUT2D eigenvalue weighted by Gasteiger charge is -2.01. The largest absolute Gasteiger partial charge is 0.383 e. The van der Waals surface area contributed by atoms with Gasteiger partial charge in [0.2, 0.25) is 0 Å². The minimum absolute atomic E-state index is 0.162. The lowest BCUT2D eigenvalue weighted by atomic mass is 10.2. The number of aromatic nitrogens is 1. The predicted octanol–water partition coefficient (Wildman–Crippen LogP) is 2.19. The molecule has 0 saturated heterocycles. The van der Waals surface area contributed by atoms with Crippen molar-refractivity contribution in [3.63, 3.8) is 0 Å². The molecule has 0 fully saturated rings. The van der Waals surface area contributed by atoms with E-state index in [0.717, 1.165) is 10.6 Å². The summed E-state index contributed by atoms with van der Waals surface area (Å²) in [5, 5.41) is 5.37. The molecule has 1 aromatic heterocycles. The van der Waals surface area contributed by atoms with E-state index in [-0.39, 0.29) is 5.91 Å². The van der Waals surface area contributed by atoms with E-state index in [0.29, 0.717) is 18.8 Å². The van der Waals surface area contributed by atoms with Crippen molar-refractivity contribution in [1.82, 2.24) is 10.3 Å². The van der Waals surface area contributed by atoms with Crippen molar-refractivity contribution < 1.29 is 9.53 Å². The number of carbonyl (C=O) groups excluding carboxylic acids is 1. The van der Waals surface area contributed by atoms with Crippen molar-refractivity contribution in [2.75, 3.05) is 20.3 Å². The number of amides is 1. The maximum atomic E-state index is 11.7. The summed E-state index contributed by atoms with van der Waals surface area (Å²) >= 11 is 1.47. The van der Waals surface area contributed by atoms with Crippen molar-refractivity contribution in [3.8, 4) is 10.6 Å². The van der Waals surface area contributed by atoms with E-state index in [1.54, 1.807) is 12.5 Å². The number of thiazole rings is 1. The summed E-state index contributed by atoms with van der Waals surface area (Å²) < 4.78 is 4.87. The van der Waals surface area contributed by atoms with Crippen LogP contribution in [0.2, 0.25) is 0 Å². The first-order valence-corrected chi connectivity index (χ1v) is 6.47. The molecule has 0 atom stereocenters. The third-order valence-electron chi connectivity index (χ3n) is 2.35. The first-order chi connectivity index (χ1) is 8.81. The third kappa shape index (κ3) is 3.15. The Bertz CT molecular complexity index is 511. The van der Waals surface area contributed by atoms with Crippen LogP contribution in [-0.4, -0.2) is 31.2 Å². The summed E-state index contributed by atoms with van der Waals surface area (Å²) in [5.74, 6) is -0.162. The Morgan fingerprint density at radius 2 is 2.17 bits per heavy atom. The van der Waals surface area contributed by atoms with Gasteiger partial charge >= 0.3 is 0 Å². The summed E-state index contributed by atoms with van der Waals surface area (Å²) in [5.41, 5.74) is 1.48. The molecule has 0 aliphatic carbocycles. The Labute approximate surface area is 110 Å². The molecule has 4 nitrogen and oxygen atoms in total. The van der Waals surface area contributed by atoms with Crippen LogP contribution in [-0.2, 0) is 4.74 Å². The molecule has 0 spiro atoms. The normalized spacial score (nSPS) is 10.3. The maximum Gasteiger partial charge on any atom is 0.270 e. The molecule has 0 bridgehead atoms. The van der Waals surface area contributed by atoms with Crippen LogP contribution in [0.1, 0.15) is 10.5 Å². The Hall–Kier alpha value is -1.72. The topological polar surface area (TPSA) is 51.2 Å². The molecule has 0 saturated carbocycles. The Balaban J connectivity index is 2.04. The van der Waals surface area contributed by atoms with Gasteiger partial charge in [-0.15, -0.1) is 11.3 Å². The van der Waals surface area contributed by atoms with Gasteiger partial charge in [0.15, 0.2) is 0 Å². The summed E-state index contributed by atoms with van der Waals surface area (Å²) in [6.45, 7) is 0.995. The molecule has 1 aromatic carbocycles. The van der Waals surface area contributed by atoms with Gasteiger partial charge in [0.05, 0.1) is 6.61 Å². The van der Waals surface area contributed by atoms with Crippen LogP contribution in [0.15, 0.2) is 35.7 Å². The number of hydrogen-bond acceptors (Lipinski definition) is 4. The maximum absolute atomic E-state index is 11.7. The van der Waals surface area contributed by atoms with Crippen molar-refractivity contribution in [2.45, 2.75) is 0 Å². The molecular formula is C13H14N2O2S. The van der Waals surface area contributed by atoms with Gasteiger partial charge in [-0.2, -0.15) is 0 Å². The predicted molar refractivity (Wildman–Crippen MR) is 71.8 cm³/mol. The minimum Gasteiger partial charge on any atom is -0.383 e. The SMILES string of the molecule is COCCNC(=O)c1csc(-c2ccccc2)n1. The highest BCUT2D eigenvalue weighted by Crippen LogP contribution is 2.23. The number of hydrogen-bond donors (Lipinski definition) is 1. The number of nitrogens with one attached hydrogen (secondary N) is 1. The van der Waals surface area contributed by atoms with Gasteiger partial charge < -0.3 is 10.1 Å². The average molecular weight is 262 g/mol. The quantitative estimate of drug-likeness (QED) is 0.840. The van der Waals surface area contributed by atoms with Crippen LogP contribution < -0.4 is 5.32 Å². The standard InChI is InChI=1S/C13H14N2O2S/c1-17-8-7-14-12(16)11-9-18-13(15-11)10-5-3-2-4-6-10/h2-6,9H,7-8H2,1H3,(H,14,16). The third-order valence-corrected chi connectivity index (χ3v) is 3.24. The van der Waals surface area contributed by atoms with Gasteiger partial charge in [-0.1, -0.05) is 30.3 Å². The minimum atomic E-state index is -0.162. The van der Waals surface area contributed by atoms with E-state index < -0.39 is 0 Å². The molecule has 1 heterocycles. The zero-order valence-corrected chi connectivity index (χ0v) is 10.9. The van der Waals surface area contributed by atoms with Gasteiger partial charge in [-0.25, -0.2) is 4.98 Å². The Kier molecular flexibility index (Phi) is 4.44. The highest BCUT2D eigenvalue weighted by atomic mass is 32.1. The van der Waals surface area contributed by atoms with Gasteiger partial charge in [0, 0.05) is 24.6 Å². The summed E-state index contributed by atoms with van der Waals surface area (Å²) in [6, 6.07) is 9.82. The van der Waals surface area contributed by atoms with Crippen LogP contribution >= 0.6 is 11.3 Å². The van der Waals surface area contributed by atoms with Crippen molar-refractivity contribution >= 4 is 17.2 Å². The molecule has 2 rings (SSSR count). The molecule has 0 unspecified atom stereocenters. The van der Waals surface area contributed by atoms with E-state index in [2.05, 4.69) is 10.3 Å². The van der Waals surface area contributed by atoms with E-state index in [1.807, 2.05) is 30.3 Å². The first-order valence-electron chi connectivity index (χ1n) is 5.59. The Morgan fingerprint density at radius 1 is 1.39 bits per heavy atom. The molecule has 1 amide bonds. The van der Waals surface area contributed by atoms with Crippen LogP contribution in [0.3, 0.4) is 0 Å². The number of carbonyl (C=O) groups is 1. The van der Waals surface area contributed by atoms with E-state index in [1.165, 1.54) is 11.3 Å². The Morgan fingerprint density at radius 3 is 2.89 bits per heavy atom. The average Bonchev–Trinajstić information content (AvgIpc) is 2.89. The fourth-order valence-corrected chi connectivity index (χ4v) is 2.25. The number of rotatable bonds is 5. The molecule has 0 aliphatic heterocycles. The first kappa shape index (κ1) is 12.7. The van der Waals surface area contributed by atoms with Gasteiger partial charge in [-0.3, -0.25) is 4.79 Å². The highest BCUT2D eigenvalue weighted by Gasteiger charge is 2.10. The van der Waals surface area contributed by atoms with Gasteiger partial charge in [-0.05, 0) is 0 Å². The van der Waals surface area contributed by atoms with Crippen molar-refractivity contribution in [2.24, 2.45) is 0 Å². The molecular weight excluding hydrogens is 248 g/mol. The second-order valence-corrected chi connectivity index (χ2v) is 4.51. The lowest BCUT2D eigenvalue weighted by Crippen LogP contribution is -2.27. The highest BCUT2D eigenvalue weighted by molar-refractivity contribution is 7.13. The molecule has 2 aromatic rings. The summed E-state index contributed by atoms with van der Waals surface area (Å²) in [4.78, 5) is 16.1. The van der Waals surface area contributed by atoms with E-state index in [9.17, 15) is 4.79 Å². The number of methoxy groups -OCH3 is 1. The zero-order valence-electron chi connectivity index (χ0n) is 10.1. The fraction of sp³-hybridized carbons (Fsp3) is 0.231. The van der Waals surface area contributed by atoms with E-state index in [4.69, 9.17) is 4.74 Å². The fourth-order valence-electron chi connectivity index (χ4n) is 1.45. The van der Waals surface area contributed by atoms with Crippen LogP contribution in [0.25, 0.3) is 10.6 Å². The van der Waals surface area contributed by atoms with Crippen molar-refractivity contribution in [3.05, 3.63) is 41.4 Å². The number of benzene rings is 1. The lowest BCUT2D eigenvalue weighted by molar-refractivity contribution is 0.0933. The van der Waals surface area contributed by atoms with Crippen LogP contribution in [0.4, 0.5) is 0 Å². The smallest absolute Gasteiger partial charge is 0.270 e. The van der Waals surface area contributed by atoms with E-state index >= 15 is 0 Å². The molecule has 18 heavy (non-hydrogen) atoms. The monoisotopic (exact) mass is 262 g/mol. The zero-order chi connectivity index (χ0) is 12.8. The van der Waals surface area contributed by atoms with Crippen molar-refractivity contribution in [1.29, 1.82) is 0 Å². The molecule has 0 aliphatic rings. The summed E-state index contributed by atoms with van der Waals surface area (Å²) in [6.07, 6.45) is 0. The number of ether oxygens (including phenoxy) is 1.